The molecule has 0 saturated heterocycles. The normalized spacial score (nSPS) is 10.7. The van der Waals surface area contributed by atoms with Crippen LogP contribution in [0.4, 0.5) is 0 Å². The van der Waals surface area contributed by atoms with Crippen molar-refractivity contribution in [2.24, 2.45) is 0 Å². The summed E-state index contributed by atoms with van der Waals surface area (Å²) in [7, 11) is 1.33. The topological polar surface area (TPSA) is 69.0 Å². The van der Waals surface area contributed by atoms with E-state index in [-0.39, 0.29) is 30.2 Å². The number of hydrogen-bond acceptors (Lipinski definition) is 5. The summed E-state index contributed by atoms with van der Waals surface area (Å²) in [6.07, 6.45) is 2.47. The van der Waals surface area contributed by atoms with Gasteiger partial charge in [-0.1, -0.05) is 0 Å². The van der Waals surface area contributed by atoms with Gasteiger partial charge in [0.25, 0.3) is 5.91 Å². The minimum atomic E-state index is -0.342. The monoisotopic (exact) mass is 297 g/mol. The first kappa shape index (κ1) is 17.2. The Morgan fingerprint density at radius 2 is 2.10 bits per heavy atom. The third kappa shape index (κ3) is 6.44. The molecule has 1 amide bonds. The maximum Gasteiger partial charge on any atom is 0.307 e. The second-order valence-corrected chi connectivity index (χ2v) is 4.87. The largest absolute Gasteiger partial charge is 0.469 e. The van der Waals surface area contributed by atoms with Gasteiger partial charge in [-0.15, -0.1) is 0 Å². The highest BCUT2D eigenvalue weighted by atomic mass is 16.5. The van der Waals surface area contributed by atoms with E-state index in [1.165, 1.54) is 13.4 Å². The van der Waals surface area contributed by atoms with Crippen molar-refractivity contribution in [2.75, 3.05) is 26.8 Å². The van der Waals surface area contributed by atoms with E-state index in [1.807, 2.05) is 13.8 Å². The molecule has 0 fully saturated rings. The van der Waals surface area contributed by atoms with Crippen LogP contribution in [0, 0.1) is 0 Å². The molecule has 0 radical (unpaired) electrons. The minimum absolute atomic E-state index is 0.161. The van der Waals surface area contributed by atoms with Gasteiger partial charge in [0.2, 0.25) is 0 Å². The number of hydrogen-bond donors (Lipinski definition) is 0. The fourth-order valence-corrected chi connectivity index (χ4v) is 1.77. The molecule has 1 heterocycles. The zero-order valence-corrected chi connectivity index (χ0v) is 12.8. The standard InChI is InChI=1S/C15H23NO5/c1-12(2)20-11-5-8-16(9-7-14(17)19-3)15(18)13-6-4-10-21-13/h4,6,10,12H,5,7-9,11H2,1-3H3. The van der Waals surface area contributed by atoms with Crippen molar-refractivity contribution in [1.29, 1.82) is 0 Å². The third-order valence-electron chi connectivity index (χ3n) is 2.86. The molecule has 0 bridgehead atoms. The first-order valence-electron chi connectivity index (χ1n) is 7.05. The molecule has 21 heavy (non-hydrogen) atoms. The molecule has 0 unspecified atom stereocenters. The molecule has 118 valence electrons. The van der Waals surface area contributed by atoms with Crippen molar-refractivity contribution in [3.05, 3.63) is 24.2 Å². The lowest BCUT2D eigenvalue weighted by molar-refractivity contribution is -0.140. The second kappa shape index (κ2) is 9.18. The molecule has 1 rings (SSSR count). The van der Waals surface area contributed by atoms with E-state index >= 15 is 0 Å². The van der Waals surface area contributed by atoms with E-state index in [2.05, 4.69) is 4.74 Å². The van der Waals surface area contributed by atoms with Crippen LogP contribution in [0.3, 0.4) is 0 Å². The number of esters is 1. The van der Waals surface area contributed by atoms with Crippen molar-refractivity contribution < 1.29 is 23.5 Å². The second-order valence-electron chi connectivity index (χ2n) is 4.87. The molecule has 0 aromatic carbocycles. The zero-order chi connectivity index (χ0) is 15.7. The van der Waals surface area contributed by atoms with Gasteiger partial charge in [0, 0.05) is 19.7 Å². The van der Waals surface area contributed by atoms with E-state index in [9.17, 15) is 9.59 Å². The van der Waals surface area contributed by atoms with Gasteiger partial charge >= 0.3 is 5.97 Å². The van der Waals surface area contributed by atoms with Crippen LogP contribution in [0.25, 0.3) is 0 Å². The molecule has 1 aromatic heterocycles. The maximum atomic E-state index is 12.3. The summed E-state index contributed by atoms with van der Waals surface area (Å²) in [5.41, 5.74) is 0. The highest BCUT2D eigenvalue weighted by Crippen LogP contribution is 2.08. The van der Waals surface area contributed by atoms with Gasteiger partial charge in [0.05, 0.1) is 25.9 Å². The Kier molecular flexibility index (Phi) is 7.53. The fourth-order valence-electron chi connectivity index (χ4n) is 1.77. The van der Waals surface area contributed by atoms with Crippen LogP contribution in [0.2, 0.25) is 0 Å². The van der Waals surface area contributed by atoms with Crippen molar-refractivity contribution in [2.45, 2.75) is 32.8 Å². The number of furan rings is 1. The lowest BCUT2D eigenvalue weighted by Crippen LogP contribution is -2.34. The number of carbonyl (C=O) groups is 2. The number of carbonyl (C=O) groups excluding carboxylic acids is 2. The Hall–Kier alpha value is -1.82. The van der Waals surface area contributed by atoms with E-state index in [4.69, 9.17) is 9.15 Å². The summed E-state index contributed by atoms with van der Waals surface area (Å²) < 4.78 is 15.2. The van der Waals surface area contributed by atoms with Crippen LogP contribution in [0.5, 0.6) is 0 Å². The van der Waals surface area contributed by atoms with Crippen LogP contribution in [-0.4, -0.2) is 49.7 Å². The molecule has 0 N–H and O–H groups in total. The van der Waals surface area contributed by atoms with Crippen LogP contribution >= 0.6 is 0 Å². The minimum Gasteiger partial charge on any atom is -0.469 e. The summed E-state index contributed by atoms with van der Waals surface area (Å²) >= 11 is 0. The Balaban J connectivity index is 2.52. The molecule has 6 heteroatoms. The summed E-state index contributed by atoms with van der Waals surface area (Å²) in [6, 6.07) is 3.27. The average Bonchev–Trinajstić information content (AvgIpc) is 2.99. The molecule has 0 atom stereocenters. The first-order valence-corrected chi connectivity index (χ1v) is 7.05. The fraction of sp³-hybridized carbons (Fsp3) is 0.600. The molecular weight excluding hydrogens is 274 g/mol. The Bertz CT molecular complexity index is 427. The van der Waals surface area contributed by atoms with E-state index < -0.39 is 0 Å². The summed E-state index contributed by atoms with van der Waals surface area (Å²) in [5, 5.41) is 0. The molecule has 1 aromatic rings. The Morgan fingerprint density at radius 1 is 1.33 bits per heavy atom. The first-order chi connectivity index (χ1) is 10.0. The maximum absolute atomic E-state index is 12.3. The number of rotatable bonds is 9. The van der Waals surface area contributed by atoms with Crippen molar-refractivity contribution in [1.82, 2.24) is 4.90 Å². The lowest BCUT2D eigenvalue weighted by Gasteiger charge is -2.21. The molecule has 6 nitrogen and oxygen atoms in total. The van der Waals surface area contributed by atoms with Gasteiger partial charge < -0.3 is 18.8 Å². The Morgan fingerprint density at radius 3 is 2.67 bits per heavy atom. The van der Waals surface area contributed by atoms with Gasteiger partial charge in [-0.2, -0.15) is 0 Å². The van der Waals surface area contributed by atoms with E-state index in [0.717, 1.165) is 0 Å². The smallest absolute Gasteiger partial charge is 0.307 e. The quantitative estimate of drug-likeness (QED) is 0.516. The lowest BCUT2D eigenvalue weighted by atomic mass is 10.3. The van der Waals surface area contributed by atoms with Crippen molar-refractivity contribution in [3.8, 4) is 0 Å². The average molecular weight is 297 g/mol. The highest BCUT2D eigenvalue weighted by Gasteiger charge is 2.19. The molecule has 0 aliphatic rings. The predicted molar refractivity (Wildman–Crippen MR) is 76.9 cm³/mol. The highest BCUT2D eigenvalue weighted by molar-refractivity contribution is 5.91. The van der Waals surface area contributed by atoms with Gasteiger partial charge in [-0.05, 0) is 32.4 Å². The van der Waals surface area contributed by atoms with Crippen LogP contribution in [0.15, 0.2) is 22.8 Å². The molecule has 0 aliphatic carbocycles. The SMILES string of the molecule is COC(=O)CCN(CCCOC(C)C)C(=O)c1ccco1. The summed E-state index contributed by atoms with van der Waals surface area (Å²) in [4.78, 5) is 25.1. The van der Waals surface area contributed by atoms with Crippen LogP contribution < -0.4 is 0 Å². The van der Waals surface area contributed by atoms with Gasteiger partial charge in [0.15, 0.2) is 5.76 Å². The zero-order valence-electron chi connectivity index (χ0n) is 12.8. The van der Waals surface area contributed by atoms with Gasteiger partial charge in [0.1, 0.15) is 0 Å². The Labute approximate surface area is 125 Å². The molecule has 0 spiro atoms. The number of methoxy groups -OCH3 is 1. The van der Waals surface area contributed by atoms with Crippen LogP contribution in [-0.2, 0) is 14.3 Å². The number of nitrogens with zero attached hydrogens (tertiary/aromatic N) is 1. The molecular formula is C15H23NO5. The summed E-state index contributed by atoms with van der Waals surface area (Å²) in [6.45, 7) is 5.29. The van der Waals surface area contributed by atoms with Crippen LogP contribution in [0.1, 0.15) is 37.2 Å². The van der Waals surface area contributed by atoms with Crippen molar-refractivity contribution in [3.63, 3.8) is 0 Å². The molecule has 0 saturated carbocycles. The summed E-state index contributed by atoms with van der Waals surface area (Å²) in [5.74, 6) is -0.302. The third-order valence-corrected chi connectivity index (χ3v) is 2.86. The van der Waals surface area contributed by atoms with Gasteiger partial charge in [-0.25, -0.2) is 0 Å². The van der Waals surface area contributed by atoms with E-state index in [0.29, 0.717) is 26.1 Å². The number of amides is 1. The predicted octanol–water partition coefficient (Wildman–Crippen LogP) is 2.10. The van der Waals surface area contributed by atoms with E-state index in [1.54, 1.807) is 17.0 Å². The molecule has 0 aliphatic heterocycles. The van der Waals surface area contributed by atoms with Gasteiger partial charge in [-0.3, -0.25) is 9.59 Å². The van der Waals surface area contributed by atoms with Crippen molar-refractivity contribution >= 4 is 11.9 Å². The number of ether oxygens (including phenoxy) is 2.